The highest BCUT2D eigenvalue weighted by Crippen LogP contribution is 2.30. The Hall–Kier alpha value is -2.60. The van der Waals surface area contributed by atoms with Gasteiger partial charge in [-0.2, -0.15) is 0 Å². The maximum Gasteiger partial charge on any atom is 0.272 e. The molecule has 1 N–H and O–H groups in total. The van der Waals surface area contributed by atoms with Crippen LogP contribution in [0.1, 0.15) is 43.1 Å². The molecule has 2 aromatic rings. The Morgan fingerprint density at radius 2 is 2.00 bits per heavy atom. The van der Waals surface area contributed by atoms with Crippen molar-refractivity contribution in [2.45, 2.75) is 38.6 Å². The molecule has 6 heteroatoms. The molecule has 0 saturated carbocycles. The minimum atomic E-state index is 0.0432. The number of carbonyl (C=O) groups excluding carboxylic acids is 1. The van der Waals surface area contributed by atoms with Crippen LogP contribution in [-0.2, 0) is 4.74 Å². The molecule has 154 valence electrons. The van der Waals surface area contributed by atoms with Crippen molar-refractivity contribution < 1.29 is 9.53 Å². The van der Waals surface area contributed by atoms with Crippen LogP contribution in [0.2, 0.25) is 0 Å². The SMILES string of the molecule is CCC1CCCCN1C(=O)c1cc(Nc2ccccc2N2CCOCC2)ccn1. The fourth-order valence-electron chi connectivity index (χ4n) is 4.28. The highest BCUT2D eigenvalue weighted by Gasteiger charge is 2.27. The third kappa shape index (κ3) is 4.53. The standard InChI is InChI=1S/C23H30N4O2/c1-2-19-7-5-6-12-27(19)23(28)21-17-18(10-11-24-21)25-20-8-3-4-9-22(20)26-13-15-29-16-14-26/h3-4,8-11,17,19H,2,5-7,12-16H2,1H3,(H,24,25). The van der Waals surface area contributed by atoms with E-state index in [4.69, 9.17) is 4.74 Å². The Morgan fingerprint density at radius 1 is 1.17 bits per heavy atom. The monoisotopic (exact) mass is 394 g/mol. The van der Waals surface area contributed by atoms with Crippen molar-refractivity contribution in [1.29, 1.82) is 0 Å². The molecule has 0 aliphatic carbocycles. The van der Waals surface area contributed by atoms with E-state index in [2.05, 4.69) is 40.3 Å². The number of ether oxygens (including phenoxy) is 1. The third-order valence-electron chi connectivity index (χ3n) is 5.87. The number of amides is 1. The van der Waals surface area contributed by atoms with E-state index in [9.17, 15) is 4.79 Å². The van der Waals surface area contributed by atoms with Crippen LogP contribution < -0.4 is 10.2 Å². The molecule has 1 unspecified atom stereocenters. The smallest absolute Gasteiger partial charge is 0.272 e. The first-order valence-corrected chi connectivity index (χ1v) is 10.7. The van der Waals surface area contributed by atoms with Crippen LogP contribution in [0.25, 0.3) is 0 Å². The average molecular weight is 395 g/mol. The van der Waals surface area contributed by atoms with Gasteiger partial charge >= 0.3 is 0 Å². The summed E-state index contributed by atoms with van der Waals surface area (Å²) in [4.78, 5) is 21.8. The number of pyridine rings is 1. The summed E-state index contributed by atoms with van der Waals surface area (Å²) in [6, 6.07) is 12.4. The van der Waals surface area contributed by atoms with Crippen molar-refractivity contribution in [3.05, 3.63) is 48.3 Å². The van der Waals surface area contributed by atoms with Gasteiger partial charge in [0.05, 0.1) is 24.6 Å². The largest absolute Gasteiger partial charge is 0.378 e. The first kappa shape index (κ1) is 19.7. The zero-order chi connectivity index (χ0) is 20.1. The molecule has 0 spiro atoms. The number of hydrogen-bond donors (Lipinski definition) is 1. The van der Waals surface area contributed by atoms with Crippen molar-refractivity contribution in [2.75, 3.05) is 43.1 Å². The Labute approximate surface area is 172 Å². The van der Waals surface area contributed by atoms with E-state index in [-0.39, 0.29) is 5.91 Å². The Morgan fingerprint density at radius 3 is 2.83 bits per heavy atom. The summed E-state index contributed by atoms with van der Waals surface area (Å²) in [5, 5.41) is 3.50. The molecule has 6 nitrogen and oxygen atoms in total. The molecule has 2 saturated heterocycles. The number of benzene rings is 1. The average Bonchev–Trinajstić information content (AvgIpc) is 2.79. The zero-order valence-electron chi connectivity index (χ0n) is 17.1. The number of piperidine rings is 1. The van der Waals surface area contributed by atoms with Gasteiger partial charge in [0.15, 0.2) is 0 Å². The number of nitrogens with zero attached hydrogens (tertiary/aromatic N) is 3. The summed E-state index contributed by atoms with van der Waals surface area (Å²) < 4.78 is 5.48. The molecule has 0 bridgehead atoms. The predicted octanol–water partition coefficient (Wildman–Crippen LogP) is 4.07. The number of para-hydroxylation sites is 2. The summed E-state index contributed by atoms with van der Waals surface area (Å²) in [6.07, 6.45) is 6.09. The summed E-state index contributed by atoms with van der Waals surface area (Å²) in [5.41, 5.74) is 3.58. The van der Waals surface area contributed by atoms with E-state index in [1.165, 1.54) is 6.42 Å². The van der Waals surface area contributed by atoms with E-state index < -0.39 is 0 Å². The lowest BCUT2D eigenvalue weighted by molar-refractivity contribution is 0.0602. The second-order valence-electron chi connectivity index (χ2n) is 7.73. The van der Waals surface area contributed by atoms with E-state index >= 15 is 0 Å². The van der Waals surface area contributed by atoms with Crippen LogP contribution in [0.3, 0.4) is 0 Å². The first-order chi connectivity index (χ1) is 14.3. The van der Waals surface area contributed by atoms with Gasteiger partial charge < -0.3 is 19.9 Å². The van der Waals surface area contributed by atoms with Gasteiger partial charge in [-0.1, -0.05) is 19.1 Å². The lowest BCUT2D eigenvalue weighted by atomic mass is 9.99. The summed E-state index contributed by atoms with van der Waals surface area (Å²) in [6.45, 7) is 6.24. The van der Waals surface area contributed by atoms with E-state index in [1.807, 2.05) is 23.1 Å². The second-order valence-corrected chi connectivity index (χ2v) is 7.73. The van der Waals surface area contributed by atoms with Crippen LogP contribution in [-0.4, -0.2) is 54.7 Å². The zero-order valence-corrected chi connectivity index (χ0v) is 17.1. The summed E-state index contributed by atoms with van der Waals surface area (Å²) in [7, 11) is 0. The number of hydrogen-bond acceptors (Lipinski definition) is 5. The van der Waals surface area contributed by atoms with E-state index in [1.54, 1.807) is 6.20 Å². The van der Waals surface area contributed by atoms with Gasteiger partial charge in [0.1, 0.15) is 5.69 Å². The van der Waals surface area contributed by atoms with Crippen molar-refractivity contribution in [2.24, 2.45) is 0 Å². The Balaban J connectivity index is 1.53. The van der Waals surface area contributed by atoms with Gasteiger partial charge in [0, 0.05) is 37.6 Å². The van der Waals surface area contributed by atoms with Gasteiger partial charge in [0.25, 0.3) is 5.91 Å². The molecule has 1 amide bonds. The van der Waals surface area contributed by atoms with Gasteiger partial charge in [-0.15, -0.1) is 0 Å². The maximum atomic E-state index is 13.1. The molecule has 2 fully saturated rings. The topological polar surface area (TPSA) is 57.7 Å². The molecule has 2 aliphatic rings. The van der Waals surface area contributed by atoms with Crippen molar-refractivity contribution >= 4 is 23.0 Å². The predicted molar refractivity (Wildman–Crippen MR) is 116 cm³/mol. The second kappa shape index (κ2) is 9.27. The molecule has 29 heavy (non-hydrogen) atoms. The van der Waals surface area contributed by atoms with Crippen LogP contribution in [0.5, 0.6) is 0 Å². The van der Waals surface area contributed by atoms with Crippen molar-refractivity contribution in [3.8, 4) is 0 Å². The molecule has 1 atom stereocenters. The molecule has 1 aromatic heterocycles. The van der Waals surface area contributed by atoms with Gasteiger partial charge in [0.2, 0.25) is 0 Å². The summed E-state index contributed by atoms with van der Waals surface area (Å²) in [5.74, 6) is 0.0432. The van der Waals surface area contributed by atoms with Crippen LogP contribution in [0, 0.1) is 0 Å². The number of rotatable bonds is 5. The van der Waals surface area contributed by atoms with Crippen molar-refractivity contribution in [1.82, 2.24) is 9.88 Å². The summed E-state index contributed by atoms with van der Waals surface area (Å²) >= 11 is 0. The molecular formula is C23H30N4O2. The molecule has 1 aromatic carbocycles. The van der Waals surface area contributed by atoms with Gasteiger partial charge in [-0.25, -0.2) is 0 Å². The number of anilines is 3. The first-order valence-electron chi connectivity index (χ1n) is 10.7. The molecule has 4 rings (SSSR count). The quantitative estimate of drug-likeness (QED) is 0.829. The number of likely N-dealkylation sites (tertiary alicyclic amines) is 1. The molecule has 0 radical (unpaired) electrons. The van der Waals surface area contributed by atoms with Crippen LogP contribution in [0.15, 0.2) is 42.6 Å². The normalized spacial score (nSPS) is 19.8. The lowest BCUT2D eigenvalue weighted by Crippen LogP contribution is -2.43. The van der Waals surface area contributed by atoms with Crippen molar-refractivity contribution in [3.63, 3.8) is 0 Å². The fourth-order valence-corrected chi connectivity index (χ4v) is 4.28. The highest BCUT2D eigenvalue weighted by atomic mass is 16.5. The maximum absolute atomic E-state index is 13.1. The number of morpholine rings is 1. The fraction of sp³-hybridized carbons (Fsp3) is 0.478. The highest BCUT2D eigenvalue weighted by molar-refractivity contribution is 5.93. The van der Waals surface area contributed by atoms with E-state index in [0.717, 1.165) is 69.2 Å². The minimum absolute atomic E-state index is 0.0432. The van der Waals surface area contributed by atoms with Gasteiger partial charge in [-0.05, 0) is 49.9 Å². The molecule has 3 heterocycles. The Kier molecular flexibility index (Phi) is 6.30. The number of carbonyl (C=O) groups is 1. The van der Waals surface area contributed by atoms with Gasteiger partial charge in [-0.3, -0.25) is 9.78 Å². The Bertz CT molecular complexity index is 835. The number of nitrogens with one attached hydrogen (secondary N) is 1. The van der Waals surface area contributed by atoms with Crippen LogP contribution >= 0.6 is 0 Å². The minimum Gasteiger partial charge on any atom is -0.378 e. The van der Waals surface area contributed by atoms with E-state index in [0.29, 0.717) is 11.7 Å². The van der Waals surface area contributed by atoms with Crippen LogP contribution in [0.4, 0.5) is 17.1 Å². The third-order valence-corrected chi connectivity index (χ3v) is 5.87. The molecular weight excluding hydrogens is 364 g/mol. The molecule has 2 aliphatic heterocycles. The lowest BCUT2D eigenvalue weighted by Gasteiger charge is -2.35. The number of aromatic nitrogens is 1.